The summed E-state index contributed by atoms with van der Waals surface area (Å²) in [5, 5.41) is 13.5. The van der Waals surface area contributed by atoms with E-state index in [0.717, 1.165) is 18.6 Å². The van der Waals surface area contributed by atoms with Gasteiger partial charge in [0.25, 0.3) is 0 Å². The molecule has 0 amide bonds. The van der Waals surface area contributed by atoms with Crippen LogP contribution in [0.1, 0.15) is 44.7 Å². The lowest BCUT2D eigenvalue weighted by atomic mass is 9.91. The molecule has 0 saturated heterocycles. The molecule has 2 rings (SSSR count). The summed E-state index contributed by atoms with van der Waals surface area (Å²) in [5.74, 6) is 0.956. The molecule has 2 N–H and O–H groups in total. The quantitative estimate of drug-likeness (QED) is 0.840. The molecule has 0 radical (unpaired) electrons. The summed E-state index contributed by atoms with van der Waals surface area (Å²) in [4.78, 5) is 0. The third-order valence-corrected chi connectivity index (χ3v) is 3.94. The summed E-state index contributed by atoms with van der Waals surface area (Å²) in [5.41, 5.74) is 2.76. The number of aryl methyl sites for hydroxylation is 1. The number of rotatable bonds is 6. The van der Waals surface area contributed by atoms with Gasteiger partial charge >= 0.3 is 0 Å². The highest BCUT2D eigenvalue weighted by Gasteiger charge is 2.18. The number of hydrogen-bond acceptors (Lipinski definition) is 3. The van der Waals surface area contributed by atoms with Crippen LogP contribution in [0.25, 0.3) is 0 Å². The van der Waals surface area contributed by atoms with Crippen LogP contribution < -0.4 is 10.1 Å². The van der Waals surface area contributed by atoms with Crippen LogP contribution in [0.3, 0.4) is 0 Å². The van der Waals surface area contributed by atoms with E-state index in [1.165, 1.54) is 24.0 Å². The third-order valence-electron chi connectivity index (χ3n) is 3.94. The zero-order chi connectivity index (χ0) is 14.5. The van der Waals surface area contributed by atoms with E-state index in [4.69, 9.17) is 4.74 Å². The first-order valence-electron chi connectivity index (χ1n) is 7.75. The maximum absolute atomic E-state index is 10.1. The van der Waals surface area contributed by atoms with E-state index in [2.05, 4.69) is 31.3 Å². The fourth-order valence-corrected chi connectivity index (χ4v) is 2.84. The first-order valence-corrected chi connectivity index (χ1v) is 7.75. The molecule has 0 spiro atoms. The second-order valence-corrected chi connectivity index (χ2v) is 6.09. The van der Waals surface area contributed by atoms with Crippen molar-refractivity contribution < 1.29 is 9.84 Å². The van der Waals surface area contributed by atoms with Crippen molar-refractivity contribution >= 4 is 0 Å². The number of nitrogens with one attached hydrogen (secondary N) is 1. The van der Waals surface area contributed by atoms with Crippen LogP contribution in [0.5, 0.6) is 5.75 Å². The number of benzene rings is 1. The van der Waals surface area contributed by atoms with Gasteiger partial charge in [-0.3, -0.25) is 0 Å². The van der Waals surface area contributed by atoms with Crippen molar-refractivity contribution in [3.63, 3.8) is 0 Å². The Morgan fingerprint density at radius 3 is 2.70 bits per heavy atom. The van der Waals surface area contributed by atoms with E-state index in [1.807, 2.05) is 13.0 Å². The van der Waals surface area contributed by atoms with Crippen LogP contribution in [-0.4, -0.2) is 29.9 Å². The number of aliphatic hydroxyl groups is 1. The molecule has 20 heavy (non-hydrogen) atoms. The Morgan fingerprint density at radius 1 is 1.20 bits per heavy atom. The van der Waals surface area contributed by atoms with Gasteiger partial charge in [0.15, 0.2) is 0 Å². The molecule has 1 aliphatic rings. The highest BCUT2D eigenvalue weighted by Crippen LogP contribution is 2.29. The molecule has 112 valence electrons. The summed E-state index contributed by atoms with van der Waals surface area (Å²) in [6.07, 6.45) is 4.27. The molecular weight excluding hydrogens is 250 g/mol. The van der Waals surface area contributed by atoms with E-state index in [9.17, 15) is 5.11 Å². The fraction of sp³-hybridized carbons (Fsp3) is 0.647. The monoisotopic (exact) mass is 277 g/mol. The Labute approximate surface area is 122 Å². The molecule has 0 bridgehead atoms. The maximum atomic E-state index is 10.1. The molecule has 0 aliphatic heterocycles. The van der Waals surface area contributed by atoms with Gasteiger partial charge in [-0.2, -0.15) is 0 Å². The van der Waals surface area contributed by atoms with E-state index in [-0.39, 0.29) is 6.04 Å². The molecule has 0 fully saturated rings. The fourth-order valence-electron chi connectivity index (χ4n) is 2.84. The summed E-state index contributed by atoms with van der Waals surface area (Å²) in [6, 6.07) is 6.68. The molecule has 1 aliphatic carbocycles. The van der Waals surface area contributed by atoms with Crippen LogP contribution in [0.2, 0.25) is 0 Å². The average Bonchev–Trinajstić information content (AvgIpc) is 2.44. The molecule has 1 aromatic rings. The molecule has 2 atom stereocenters. The van der Waals surface area contributed by atoms with Gasteiger partial charge in [0, 0.05) is 12.1 Å². The predicted molar refractivity (Wildman–Crippen MR) is 82.3 cm³/mol. The molecule has 0 aromatic heterocycles. The summed E-state index contributed by atoms with van der Waals surface area (Å²) in [7, 11) is 0. The van der Waals surface area contributed by atoms with Crippen LogP contribution >= 0.6 is 0 Å². The summed E-state index contributed by atoms with van der Waals surface area (Å²) < 4.78 is 5.88. The molecule has 3 heteroatoms. The van der Waals surface area contributed by atoms with Crippen LogP contribution in [0.15, 0.2) is 18.2 Å². The average molecular weight is 277 g/mol. The SMILES string of the molecule is CC(C)NC(C)C(O)COc1cccc2c1CCCC2. The van der Waals surface area contributed by atoms with Crippen molar-refractivity contribution in [1.29, 1.82) is 0 Å². The topological polar surface area (TPSA) is 41.5 Å². The summed E-state index contributed by atoms with van der Waals surface area (Å²) >= 11 is 0. The van der Waals surface area contributed by atoms with Gasteiger partial charge < -0.3 is 15.2 Å². The normalized spacial score (nSPS) is 17.6. The van der Waals surface area contributed by atoms with Gasteiger partial charge in [-0.25, -0.2) is 0 Å². The largest absolute Gasteiger partial charge is 0.491 e. The minimum atomic E-state index is -0.489. The number of ether oxygens (including phenoxy) is 1. The Hall–Kier alpha value is -1.06. The highest BCUT2D eigenvalue weighted by atomic mass is 16.5. The Kier molecular flexibility index (Phi) is 5.44. The van der Waals surface area contributed by atoms with Crippen molar-refractivity contribution in [2.75, 3.05) is 6.61 Å². The van der Waals surface area contributed by atoms with E-state index in [1.54, 1.807) is 0 Å². The van der Waals surface area contributed by atoms with Crippen molar-refractivity contribution in [3.05, 3.63) is 29.3 Å². The first-order chi connectivity index (χ1) is 9.58. The second kappa shape index (κ2) is 7.09. The lowest BCUT2D eigenvalue weighted by Crippen LogP contribution is -2.43. The van der Waals surface area contributed by atoms with E-state index < -0.39 is 6.10 Å². The lowest BCUT2D eigenvalue weighted by Gasteiger charge is -2.24. The van der Waals surface area contributed by atoms with Gasteiger partial charge in [0.1, 0.15) is 18.5 Å². The minimum Gasteiger partial charge on any atom is -0.491 e. The first kappa shape index (κ1) is 15.3. The molecule has 3 nitrogen and oxygen atoms in total. The van der Waals surface area contributed by atoms with Gasteiger partial charge in [0.2, 0.25) is 0 Å². The molecule has 2 unspecified atom stereocenters. The van der Waals surface area contributed by atoms with Gasteiger partial charge in [0.05, 0.1) is 0 Å². The Bertz CT molecular complexity index is 431. The Morgan fingerprint density at radius 2 is 1.95 bits per heavy atom. The number of hydrogen-bond donors (Lipinski definition) is 2. The van der Waals surface area contributed by atoms with Crippen molar-refractivity contribution in [2.45, 2.75) is 64.6 Å². The number of aliphatic hydroxyl groups excluding tert-OH is 1. The maximum Gasteiger partial charge on any atom is 0.122 e. The van der Waals surface area contributed by atoms with Gasteiger partial charge in [-0.1, -0.05) is 26.0 Å². The van der Waals surface area contributed by atoms with Crippen LogP contribution in [0, 0.1) is 0 Å². The zero-order valence-electron chi connectivity index (χ0n) is 12.9. The lowest BCUT2D eigenvalue weighted by molar-refractivity contribution is 0.0754. The third kappa shape index (κ3) is 3.97. The molecular formula is C17H27NO2. The molecule has 0 heterocycles. The standard InChI is InChI=1S/C17H27NO2/c1-12(2)18-13(3)16(19)11-20-17-10-6-8-14-7-4-5-9-15(14)17/h6,8,10,12-13,16,18-19H,4-5,7,9,11H2,1-3H3. The second-order valence-electron chi connectivity index (χ2n) is 6.09. The van der Waals surface area contributed by atoms with Crippen molar-refractivity contribution in [3.8, 4) is 5.75 Å². The van der Waals surface area contributed by atoms with E-state index >= 15 is 0 Å². The molecule has 0 saturated carbocycles. The number of fused-ring (bicyclic) bond motifs is 1. The van der Waals surface area contributed by atoms with Gasteiger partial charge in [-0.15, -0.1) is 0 Å². The van der Waals surface area contributed by atoms with Crippen LogP contribution in [-0.2, 0) is 12.8 Å². The predicted octanol–water partition coefficient (Wildman–Crippen LogP) is 2.69. The minimum absolute atomic E-state index is 0.0366. The van der Waals surface area contributed by atoms with Gasteiger partial charge in [-0.05, 0) is 49.8 Å². The summed E-state index contributed by atoms with van der Waals surface area (Å²) in [6.45, 7) is 6.50. The van der Waals surface area contributed by atoms with Crippen LogP contribution in [0.4, 0.5) is 0 Å². The molecule has 1 aromatic carbocycles. The van der Waals surface area contributed by atoms with Crippen molar-refractivity contribution in [2.24, 2.45) is 0 Å². The zero-order valence-corrected chi connectivity index (χ0v) is 12.9. The highest BCUT2D eigenvalue weighted by molar-refractivity contribution is 5.41. The Balaban J connectivity index is 1.94. The van der Waals surface area contributed by atoms with E-state index in [0.29, 0.717) is 12.6 Å². The van der Waals surface area contributed by atoms with Crippen molar-refractivity contribution in [1.82, 2.24) is 5.32 Å². The smallest absolute Gasteiger partial charge is 0.122 e.